The molecule has 0 saturated carbocycles. The molecule has 0 saturated heterocycles. The zero-order valence-electron chi connectivity index (χ0n) is 13.6. The van der Waals surface area contributed by atoms with Crippen LogP contribution in [0.5, 0.6) is 0 Å². The van der Waals surface area contributed by atoms with Crippen molar-refractivity contribution in [1.29, 1.82) is 0 Å². The Labute approximate surface area is 142 Å². The molecule has 0 fully saturated rings. The second-order valence-electron chi connectivity index (χ2n) is 4.54. The number of hydrogen-bond acceptors (Lipinski definition) is 6. The summed E-state index contributed by atoms with van der Waals surface area (Å²) in [6, 6.07) is 0. The summed E-state index contributed by atoms with van der Waals surface area (Å²) in [5.74, 6) is 2.54. The minimum Gasteiger partial charge on any atom is -0.304 e. The van der Waals surface area contributed by atoms with Crippen molar-refractivity contribution < 1.29 is 0 Å². The Kier molecular flexibility index (Phi) is 17.8. The highest BCUT2D eigenvalue weighted by Crippen LogP contribution is 2.43. The van der Waals surface area contributed by atoms with E-state index in [-0.39, 0.29) is 0 Å². The molecule has 0 aromatic rings. The SMILES string of the molecule is CCN(CC)CCCSSSSCCCN(CC)CC. The van der Waals surface area contributed by atoms with Gasteiger partial charge in [0.05, 0.1) is 0 Å². The van der Waals surface area contributed by atoms with Gasteiger partial charge in [-0.1, -0.05) is 49.3 Å². The summed E-state index contributed by atoms with van der Waals surface area (Å²) in [4.78, 5) is 5.00. The average Bonchev–Trinajstić information content (AvgIpc) is 2.49. The summed E-state index contributed by atoms with van der Waals surface area (Å²) in [5, 5.41) is 0. The summed E-state index contributed by atoms with van der Waals surface area (Å²) in [7, 11) is 7.93. The Morgan fingerprint density at radius 2 is 0.950 bits per heavy atom. The van der Waals surface area contributed by atoms with E-state index in [1.165, 1.54) is 63.6 Å². The minimum absolute atomic E-state index is 1.19. The van der Waals surface area contributed by atoms with E-state index in [9.17, 15) is 0 Å². The van der Waals surface area contributed by atoms with Crippen LogP contribution in [0.25, 0.3) is 0 Å². The largest absolute Gasteiger partial charge is 0.304 e. The van der Waals surface area contributed by atoms with E-state index >= 15 is 0 Å². The van der Waals surface area contributed by atoms with Gasteiger partial charge in [-0.3, -0.25) is 0 Å². The van der Waals surface area contributed by atoms with Crippen molar-refractivity contribution in [2.75, 3.05) is 50.8 Å². The highest BCUT2D eigenvalue weighted by molar-refractivity contribution is 9.26. The first-order chi connectivity index (χ1) is 9.78. The van der Waals surface area contributed by atoms with Gasteiger partial charge in [0, 0.05) is 11.5 Å². The fraction of sp³-hybridized carbons (Fsp3) is 1.00. The normalized spacial score (nSPS) is 11.7. The van der Waals surface area contributed by atoms with Crippen LogP contribution in [0.15, 0.2) is 0 Å². The van der Waals surface area contributed by atoms with Crippen molar-refractivity contribution in [3.05, 3.63) is 0 Å². The average molecular weight is 357 g/mol. The molecule has 0 spiro atoms. The smallest absolute Gasteiger partial charge is 0.00575 e. The Balaban J connectivity index is 3.17. The van der Waals surface area contributed by atoms with E-state index in [1.807, 2.05) is 41.2 Å². The standard InChI is InChI=1S/C14H32N2S4/c1-5-15(6-2)11-9-13-17-19-20-18-14-10-12-16(7-3)8-4/h5-14H2,1-4H3. The van der Waals surface area contributed by atoms with E-state index in [4.69, 9.17) is 0 Å². The van der Waals surface area contributed by atoms with E-state index < -0.39 is 0 Å². The molecule has 6 heteroatoms. The molecular weight excluding hydrogens is 324 g/mol. The molecule has 0 aliphatic heterocycles. The van der Waals surface area contributed by atoms with E-state index in [1.54, 1.807) is 0 Å². The summed E-state index contributed by atoms with van der Waals surface area (Å²) in [6.45, 7) is 16.2. The predicted octanol–water partition coefficient (Wildman–Crippen LogP) is 5.13. The molecule has 0 aliphatic carbocycles. The zero-order valence-corrected chi connectivity index (χ0v) is 16.9. The van der Waals surface area contributed by atoms with Gasteiger partial charge in [0.25, 0.3) is 0 Å². The fourth-order valence-electron chi connectivity index (χ4n) is 1.88. The molecule has 0 aliphatic rings. The van der Waals surface area contributed by atoms with Crippen LogP contribution in [0, 0.1) is 0 Å². The second kappa shape index (κ2) is 16.7. The molecule has 0 atom stereocenters. The third-order valence-corrected chi connectivity index (χ3v) is 9.95. The molecule has 0 heterocycles. The van der Waals surface area contributed by atoms with Crippen LogP contribution in [0.3, 0.4) is 0 Å². The summed E-state index contributed by atoms with van der Waals surface area (Å²) in [6.07, 6.45) is 2.62. The Bertz CT molecular complexity index is 168. The molecule has 0 radical (unpaired) electrons. The Morgan fingerprint density at radius 1 is 0.600 bits per heavy atom. The first-order valence-electron chi connectivity index (χ1n) is 7.80. The van der Waals surface area contributed by atoms with Crippen LogP contribution >= 0.6 is 41.2 Å². The van der Waals surface area contributed by atoms with Gasteiger partial charge >= 0.3 is 0 Å². The lowest BCUT2D eigenvalue weighted by Gasteiger charge is -2.17. The maximum atomic E-state index is 2.50. The van der Waals surface area contributed by atoms with Crippen LogP contribution in [-0.4, -0.2) is 60.6 Å². The summed E-state index contributed by atoms with van der Waals surface area (Å²) >= 11 is 0. The van der Waals surface area contributed by atoms with E-state index in [0.29, 0.717) is 0 Å². The maximum Gasteiger partial charge on any atom is 0.00575 e. The van der Waals surface area contributed by atoms with E-state index in [0.717, 1.165) is 0 Å². The van der Waals surface area contributed by atoms with Crippen molar-refractivity contribution in [3.63, 3.8) is 0 Å². The van der Waals surface area contributed by atoms with Gasteiger partial charge in [0.1, 0.15) is 0 Å². The zero-order chi connectivity index (χ0) is 15.1. The van der Waals surface area contributed by atoms with Crippen molar-refractivity contribution in [3.8, 4) is 0 Å². The Morgan fingerprint density at radius 3 is 1.25 bits per heavy atom. The van der Waals surface area contributed by atoms with Gasteiger partial charge in [0.15, 0.2) is 0 Å². The van der Waals surface area contributed by atoms with Gasteiger partial charge in [0.2, 0.25) is 0 Å². The molecule has 122 valence electrons. The Hall–Kier alpha value is 1.32. The molecule has 0 unspecified atom stereocenters. The minimum atomic E-state index is 1.19. The molecular formula is C14H32N2S4. The molecule has 0 rings (SSSR count). The van der Waals surface area contributed by atoms with Crippen molar-refractivity contribution >= 4 is 41.2 Å². The molecule has 0 aromatic carbocycles. The monoisotopic (exact) mass is 356 g/mol. The highest BCUT2D eigenvalue weighted by atomic mass is 33.7. The molecule has 0 N–H and O–H groups in total. The van der Waals surface area contributed by atoms with Gasteiger partial charge in [-0.05, 0) is 71.8 Å². The van der Waals surface area contributed by atoms with Gasteiger partial charge in [-0.15, -0.1) is 0 Å². The van der Waals surface area contributed by atoms with Crippen LogP contribution in [0.4, 0.5) is 0 Å². The van der Waals surface area contributed by atoms with Crippen molar-refractivity contribution in [2.24, 2.45) is 0 Å². The van der Waals surface area contributed by atoms with E-state index in [2.05, 4.69) is 37.5 Å². The third kappa shape index (κ3) is 13.0. The van der Waals surface area contributed by atoms with Crippen molar-refractivity contribution in [1.82, 2.24) is 9.80 Å². The van der Waals surface area contributed by atoms with Crippen LogP contribution < -0.4 is 0 Å². The van der Waals surface area contributed by atoms with Gasteiger partial charge < -0.3 is 9.80 Å². The maximum absolute atomic E-state index is 2.50. The second-order valence-corrected chi connectivity index (χ2v) is 10.8. The molecule has 2 nitrogen and oxygen atoms in total. The van der Waals surface area contributed by atoms with Crippen LogP contribution in [0.1, 0.15) is 40.5 Å². The van der Waals surface area contributed by atoms with Gasteiger partial charge in [-0.25, -0.2) is 0 Å². The number of hydrogen-bond donors (Lipinski definition) is 0. The fourth-order valence-corrected chi connectivity index (χ4v) is 7.99. The third-order valence-electron chi connectivity index (χ3n) is 3.32. The number of rotatable bonds is 15. The quantitative estimate of drug-likeness (QED) is 0.294. The van der Waals surface area contributed by atoms with Crippen molar-refractivity contribution in [2.45, 2.75) is 40.5 Å². The number of nitrogens with zero attached hydrogens (tertiary/aromatic N) is 2. The summed E-state index contributed by atoms with van der Waals surface area (Å²) < 4.78 is 0. The lowest BCUT2D eigenvalue weighted by atomic mass is 10.4. The molecule has 0 aromatic heterocycles. The topological polar surface area (TPSA) is 6.48 Å². The predicted molar refractivity (Wildman–Crippen MR) is 105 cm³/mol. The summed E-state index contributed by atoms with van der Waals surface area (Å²) in [5.41, 5.74) is 0. The van der Waals surface area contributed by atoms with Crippen LogP contribution in [0.2, 0.25) is 0 Å². The lowest BCUT2D eigenvalue weighted by Crippen LogP contribution is -2.24. The lowest BCUT2D eigenvalue weighted by molar-refractivity contribution is 0.305. The molecule has 20 heavy (non-hydrogen) atoms. The molecule has 0 amide bonds. The van der Waals surface area contributed by atoms with Gasteiger partial charge in [-0.2, -0.15) is 0 Å². The first-order valence-corrected chi connectivity index (χ1v) is 13.0. The first kappa shape index (κ1) is 21.3. The molecule has 0 bridgehead atoms. The highest BCUT2D eigenvalue weighted by Gasteiger charge is 2.00. The van der Waals surface area contributed by atoms with Crippen LogP contribution in [-0.2, 0) is 0 Å².